The summed E-state index contributed by atoms with van der Waals surface area (Å²) in [6, 6.07) is 33.9. The monoisotopic (exact) mass is 702 g/mol. The Labute approximate surface area is 334 Å². The molecule has 52 heavy (non-hydrogen) atoms. The molecule has 0 radical (unpaired) electrons. The topological polar surface area (TPSA) is 50.9 Å². The molecule has 0 amide bonds. The van der Waals surface area contributed by atoms with Crippen molar-refractivity contribution in [1.29, 1.82) is 0 Å². The molecular formula is C48H49N3O. The summed E-state index contributed by atoms with van der Waals surface area (Å²) in [5, 5.41) is 12.6. The zero-order valence-corrected chi connectivity index (χ0v) is 28.9. The van der Waals surface area contributed by atoms with Crippen molar-refractivity contribution >= 4 is 11.0 Å². The molecule has 5 aromatic carbocycles. The molecule has 4 nitrogen and oxygen atoms in total. The highest BCUT2D eigenvalue weighted by molar-refractivity contribution is 5.97. The van der Waals surface area contributed by atoms with E-state index in [1.165, 1.54) is 4.57 Å². The molecule has 0 saturated heterocycles. The first-order valence-electron chi connectivity index (χ1n) is 25.7. The standard InChI is InChI=1S/C48H49N3O/c1-46(2,3)35-26-33(25-34(27-35)41-28-32(23-24-49-41)31-17-12-10-13-18-31)38-21-16-22-42-43(38)50-45(51(42)37-19-14-11-15-20-37)39-29-36(47(4,5)6)30-40(44(39)52)48(7,8)9/h10-30,52H,1-9H3/i4D3,5D3,6D3,7D3,8D3,9D3. The van der Waals surface area contributed by atoms with E-state index >= 15 is 0 Å². The van der Waals surface area contributed by atoms with Gasteiger partial charge >= 0.3 is 0 Å². The summed E-state index contributed by atoms with van der Waals surface area (Å²) < 4.78 is 156. The Balaban J connectivity index is 1.67. The molecule has 1 N–H and O–H groups in total. The van der Waals surface area contributed by atoms with Gasteiger partial charge in [-0.25, -0.2) is 4.98 Å². The number of aromatic nitrogens is 3. The number of aromatic hydroxyl groups is 1. The van der Waals surface area contributed by atoms with Crippen LogP contribution in [-0.2, 0) is 16.2 Å². The number of rotatable bonds is 5. The van der Waals surface area contributed by atoms with Crippen molar-refractivity contribution in [3.63, 3.8) is 0 Å². The van der Waals surface area contributed by atoms with E-state index in [9.17, 15) is 5.11 Å². The van der Waals surface area contributed by atoms with Crippen LogP contribution in [0.5, 0.6) is 5.75 Å². The van der Waals surface area contributed by atoms with Crippen LogP contribution in [0.2, 0.25) is 0 Å². The molecule has 0 saturated carbocycles. The zero-order chi connectivity index (χ0) is 52.0. The van der Waals surface area contributed by atoms with Gasteiger partial charge in [0.2, 0.25) is 0 Å². The van der Waals surface area contributed by atoms with Gasteiger partial charge < -0.3 is 5.11 Å². The summed E-state index contributed by atoms with van der Waals surface area (Å²) in [7, 11) is 0. The quantitative estimate of drug-likeness (QED) is 0.194. The lowest BCUT2D eigenvalue weighted by Gasteiger charge is -2.27. The predicted molar refractivity (Wildman–Crippen MR) is 218 cm³/mol. The Morgan fingerprint density at radius 3 is 1.94 bits per heavy atom. The number of hydrogen-bond acceptors (Lipinski definition) is 3. The molecule has 7 rings (SSSR count). The lowest BCUT2D eigenvalue weighted by atomic mass is 9.79. The molecule has 0 unspecified atom stereocenters. The number of fused-ring (bicyclic) bond motifs is 1. The lowest BCUT2D eigenvalue weighted by molar-refractivity contribution is 0.446. The average molecular weight is 702 g/mol. The molecule has 0 bridgehead atoms. The summed E-state index contributed by atoms with van der Waals surface area (Å²) in [4.78, 5) is 9.74. The largest absolute Gasteiger partial charge is 0.507 e. The molecule has 2 heterocycles. The number of hydrogen-bond donors (Lipinski definition) is 1. The Bertz CT molecular complexity index is 2990. The maximum absolute atomic E-state index is 12.6. The van der Waals surface area contributed by atoms with Gasteiger partial charge in [0.1, 0.15) is 11.6 Å². The third-order valence-corrected chi connectivity index (χ3v) is 9.16. The fraction of sp³-hybridized carbons (Fsp3) is 0.250. The summed E-state index contributed by atoms with van der Waals surface area (Å²) in [6.07, 6.45) is 1.71. The number of pyridine rings is 1. The summed E-state index contributed by atoms with van der Waals surface area (Å²) >= 11 is 0. The molecule has 7 aromatic rings. The fourth-order valence-electron chi connectivity index (χ4n) is 6.42. The van der Waals surface area contributed by atoms with E-state index in [0.717, 1.165) is 22.3 Å². The molecule has 0 aliphatic heterocycles. The van der Waals surface area contributed by atoms with Crippen molar-refractivity contribution in [2.45, 2.75) is 78.1 Å². The lowest BCUT2D eigenvalue weighted by Crippen LogP contribution is -2.17. The second-order valence-electron chi connectivity index (χ2n) is 14.0. The van der Waals surface area contributed by atoms with Crippen molar-refractivity contribution in [2.75, 3.05) is 0 Å². The van der Waals surface area contributed by atoms with Crippen molar-refractivity contribution in [1.82, 2.24) is 14.5 Å². The van der Waals surface area contributed by atoms with Crippen LogP contribution in [-0.4, -0.2) is 19.6 Å². The van der Waals surface area contributed by atoms with Gasteiger partial charge in [-0.15, -0.1) is 0 Å². The Hall–Kier alpha value is -5.48. The van der Waals surface area contributed by atoms with Crippen molar-refractivity contribution in [2.24, 2.45) is 0 Å². The second kappa shape index (κ2) is 12.9. The molecule has 262 valence electrons. The fourth-order valence-corrected chi connectivity index (χ4v) is 6.42. The molecular weight excluding hydrogens is 635 g/mol. The van der Waals surface area contributed by atoms with Crippen LogP contribution in [0.4, 0.5) is 0 Å². The van der Waals surface area contributed by atoms with Crippen LogP contribution in [0.3, 0.4) is 0 Å². The van der Waals surface area contributed by atoms with Crippen LogP contribution in [0.15, 0.2) is 128 Å². The van der Waals surface area contributed by atoms with Crippen molar-refractivity contribution < 1.29 is 29.8 Å². The van der Waals surface area contributed by atoms with E-state index in [4.69, 9.17) is 34.6 Å². The minimum absolute atomic E-state index is 0.207. The second-order valence-corrected chi connectivity index (χ2v) is 14.0. The normalized spacial score (nSPS) is 19.0. The van der Waals surface area contributed by atoms with E-state index in [1.54, 1.807) is 54.7 Å². The van der Waals surface area contributed by atoms with E-state index in [-0.39, 0.29) is 17.4 Å². The first-order valence-corrected chi connectivity index (χ1v) is 16.7. The Morgan fingerprint density at radius 2 is 1.25 bits per heavy atom. The van der Waals surface area contributed by atoms with E-state index in [0.29, 0.717) is 34.1 Å². The van der Waals surface area contributed by atoms with Gasteiger partial charge in [0, 0.05) is 53.2 Å². The predicted octanol–water partition coefficient (Wildman–Crippen LogP) is 12.7. The third-order valence-electron chi connectivity index (χ3n) is 9.16. The highest BCUT2D eigenvalue weighted by atomic mass is 16.3. The van der Waals surface area contributed by atoms with Gasteiger partial charge in [-0.2, -0.15) is 0 Å². The minimum atomic E-state index is -4.09. The first kappa shape index (κ1) is 19.4. The molecule has 0 fully saturated rings. The molecule has 2 aromatic heterocycles. The van der Waals surface area contributed by atoms with Crippen LogP contribution < -0.4 is 0 Å². The first-order chi connectivity index (χ1) is 32.1. The molecule has 0 atom stereocenters. The molecule has 4 heteroatoms. The smallest absolute Gasteiger partial charge is 0.149 e. The van der Waals surface area contributed by atoms with Crippen molar-refractivity contribution in [3.8, 4) is 56.3 Å². The maximum atomic E-state index is 12.6. The van der Waals surface area contributed by atoms with Gasteiger partial charge in [0.15, 0.2) is 0 Å². The van der Waals surface area contributed by atoms with Gasteiger partial charge in [0.05, 0.1) is 22.3 Å². The number of nitrogens with zero attached hydrogens (tertiary/aromatic N) is 3. The highest BCUT2D eigenvalue weighted by Gasteiger charge is 2.29. The average Bonchev–Trinajstić information content (AvgIpc) is 3.62. The number of benzene rings is 5. The minimum Gasteiger partial charge on any atom is -0.507 e. The summed E-state index contributed by atoms with van der Waals surface area (Å²) in [5.41, 5.74) is -5.77. The van der Waals surface area contributed by atoms with Gasteiger partial charge in [-0.3, -0.25) is 9.55 Å². The van der Waals surface area contributed by atoms with Crippen LogP contribution in [0, 0.1) is 0 Å². The summed E-state index contributed by atoms with van der Waals surface area (Å²) in [5.74, 6) is -1.72. The van der Waals surface area contributed by atoms with Crippen molar-refractivity contribution in [3.05, 3.63) is 144 Å². The molecule has 0 spiro atoms. The van der Waals surface area contributed by atoms with Gasteiger partial charge in [-0.1, -0.05) is 135 Å². The van der Waals surface area contributed by atoms with Gasteiger partial charge in [-0.05, 0) is 92.6 Å². The van der Waals surface area contributed by atoms with Crippen LogP contribution >= 0.6 is 0 Å². The number of phenols is 1. The Morgan fingerprint density at radius 1 is 0.577 bits per heavy atom. The van der Waals surface area contributed by atoms with E-state index < -0.39 is 79.8 Å². The van der Waals surface area contributed by atoms with E-state index in [1.807, 2.05) is 81.4 Å². The number of phenolic OH excluding ortho intramolecular Hbond substituents is 1. The zero-order valence-electron chi connectivity index (χ0n) is 46.9. The maximum Gasteiger partial charge on any atom is 0.149 e. The third kappa shape index (κ3) is 6.66. The van der Waals surface area contributed by atoms with Gasteiger partial charge in [0.25, 0.3) is 0 Å². The van der Waals surface area contributed by atoms with Crippen LogP contribution in [0.25, 0.3) is 61.6 Å². The highest BCUT2D eigenvalue weighted by Crippen LogP contribution is 2.44. The number of imidazole rings is 1. The Kier molecular flexibility index (Phi) is 4.82. The van der Waals surface area contributed by atoms with E-state index in [2.05, 4.69) is 0 Å². The molecule has 0 aliphatic rings. The summed E-state index contributed by atoms with van der Waals surface area (Å²) in [6.45, 7) is -18.2. The number of para-hydroxylation sites is 2. The van der Waals surface area contributed by atoms with Crippen LogP contribution in [0.1, 0.15) is 103 Å². The SMILES string of the molecule is [2H]C([2H])([2H])C(c1cc(-c2nc3c(-c4cc(-c5cc(-c6ccccc6)ccn5)cc(C(C)(C)C)c4)cccc3n2-c2ccccc2)c(O)c(C(C([2H])([2H])[2H])(C([2H])([2H])[2H])C([2H])([2H])[2H])c1)(C([2H])([2H])[2H])C([2H])([2H])[2H]. The molecule has 0 aliphatic carbocycles.